The summed E-state index contributed by atoms with van der Waals surface area (Å²) in [4.78, 5) is 17.8. The number of carbonyl (C=O) groups excluding carboxylic acids is 1. The Morgan fingerprint density at radius 1 is 1.15 bits per heavy atom. The van der Waals surface area contributed by atoms with Crippen LogP contribution in [0.1, 0.15) is 82.0 Å². The number of benzene rings is 1. The standard InChI is InChI=1S/C32H43N3O6/c1-31(2,3)15-21-12-22-24(16-32(9-5-10-32)41-30(22)34-17-21)33-18-25(36)23(35-29(37)27-6-4-11-38-27)13-20-7-8-26-28(14-20)40-19-39-26/h7-8,12,14,17,23-25,27,33,36H,4-6,9-11,13,15-16,18-19H2,1-3H3,(H,35,37)/t23-,24-,25-,27-/m0/s1. The molecule has 1 aromatic heterocycles. The highest BCUT2D eigenvalue weighted by atomic mass is 16.7. The molecule has 9 heteroatoms. The van der Waals surface area contributed by atoms with E-state index in [0.29, 0.717) is 43.4 Å². The van der Waals surface area contributed by atoms with Crippen molar-refractivity contribution in [1.29, 1.82) is 0 Å². The van der Waals surface area contributed by atoms with Crippen molar-refractivity contribution in [3.63, 3.8) is 0 Å². The predicted octanol–water partition coefficient (Wildman–Crippen LogP) is 4.00. The van der Waals surface area contributed by atoms with Gasteiger partial charge in [-0.25, -0.2) is 4.98 Å². The van der Waals surface area contributed by atoms with Crippen molar-refractivity contribution < 1.29 is 28.8 Å². The number of carbonyl (C=O) groups is 1. The van der Waals surface area contributed by atoms with E-state index in [1.54, 1.807) is 0 Å². The van der Waals surface area contributed by atoms with Gasteiger partial charge >= 0.3 is 0 Å². The number of aliphatic hydroxyl groups is 1. The number of amides is 1. The zero-order chi connectivity index (χ0) is 28.6. The largest absolute Gasteiger partial charge is 0.471 e. The first-order chi connectivity index (χ1) is 19.7. The van der Waals surface area contributed by atoms with Crippen molar-refractivity contribution in [2.75, 3.05) is 19.9 Å². The second kappa shape index (κ2) is 11.4. The number of hydrogen-bond acceptors (Lipinski definition) is 8. The molecular weight excluding hydrogens is 522 g/mol. The molecule has 2 aromatic rings. The monoisotopic (exact) mass is 565 g/mol. The summed E-state index contributed by atoms with van der Waals surface area (Å²) in [7, 11) is 0. The fraction of sp³-hybridized carbons (Fsp3) is 0.625. The molecule has 4 heterocycles. The van der Waals surface area contributed by atoms with Crippen LogP contribution in [0.3, 0.4) is 0 Å². The van der Waals surface area contributed by atoms with Crippen LogP contribution >= 0.6 is 0 Å². The molecule has 1 aromatic carbocycles. The molecule has 1 saturated heterocycles. The number of rotatable bonds is 9. The third kappa shape index (κ3) is 6.47. The molecule has 0 unspecified atom stereocenters. The number of fused-ring (bicyclic) bond motifs is 2. The number of pyridine rings is 1. The minimum atomic E-state index is -0.833. The van der Waals surface area contributed by atoms with Gasteiger partial charge in [-0.1, -0.05) is 26.8 Å². The Kier molecular flexibility index (Phi) is 7.87. The van der Waals surface area contributed by atoms with Crippen LogP contribution < -0.4 is 24.8 Å². The lowest BCUT2D eigenvalue weighted by molar-refractivity contribution is -0.131. The van der Waals surface area contributed by atoms with Gasteiger partial charge in [0.25, 0.3) is 0 Å². The normalized spacial score (nSPS) is 23.8. The summed E-state index contributed by atoms with van der Waals surface area (Å²) in [6, 6.07) is 7.46. The van der Waals surface area contributed by atoms with Crippen molar-refractivity contribution in [1.82, 2.24) is 15.6 Å². The van der Waals surface area contributed by atoms with Gasteiger partial charge in [0.2, 0.25) is 18.6 Å². The summed E-state index contributed by atoms with van der Waals surface area (Å²) in [5, 5.41) is 18.3. The third-order valence-corrected chi connectivity index (χ3v) is 8.68. The first kappa shape index (κ1) is 28.2. The van der Waals surface area contributed by atoms with E-state index in [0.717, 1.165) is 49.7 Å². The van der Waals surface area contributed by atoms with Crippen LogP contribution in [-0.2, 0) is 22.4 Å². The topological polar surface area (TPSA) is 111 Å². The van der Waals surface area contributed by atoms with Gasteiger partial charge in [-0.05, 0) is 79.7 Å². The Hall–Kier alpha value is -2.88. The van der Waals surface area contributed by atoms with Gasteiger partial charge in [0.15, 0.2) is 11.5 Å². The lowest BCUT2D eigenvalue weighted by Gasteiger charge is -2.47. The van der Waals surface area contributed by atoms with Crippen LogP contribution in [0.25, 0.3) is 0 Å². The zero-order valence-electron chi connectivity index (χ0n) is 24.4. The average molecular weight is 566 g/mol. The molecule has 3 N–H and O–H groups in total. The Labute approximate surface area is 242 Å². The number of nitrogens with zero attached hydrogens (tertiary/aromatic N) is 1. The Balaban J connectivity index is 1.19. The Bertz CT molecular complexity index is 1250. The maximum atomic E-state index is 13.1. The first-order valence-electron chi connectivity index (χ1n) is 15.1. The fourth-order valence-corrected chi connectivity index (χ4v) is 6.42. The summed E-state index contributed by atoms with van der Waals surface area (Å²) in [6.45, 7) is 7.78. The van der Waals surface area contributed by atoms with Crippen LogP contribution in [0.2, 0.25) is 0 Å². The van der Waals surface area contributed by atoms with Crippen LogP contribution in [0.4, 0.5) is 0 Å². The lowest BCUT2D eigenvalue weighted by atomic mass is 9.73. The number of ether oxygens (including phenoxy) is 4. The molecule has 6 rings (SSSR count). The van der Waals surface area contributed by atoms with Gasteiger partial charge in [0, 0.05) is 37.4 Å². The molecule has 222 valence electrons. The second-order valence-corrected chi connectivity index (χ2v) is 13.4. The van der Waals surface area contributed by atoms with Gasteiger partial charge in [-0.3, -0.25) is 4.79 Å². The molecule has 2 fully saturated rings. The summed E-state index contributed by atoms with van der Waals surface area (Å²) in [5.41, 5.74) is 3.14. The van der Waals surface area contributed by atoms with E-state index < -0.39 is 18.2 Å². The SMILES string of the molecule is CC(C)(C)Cc1cnc2c(c1)[C@@H](NC[C@H](O)[C@H](Cc1ccc3c(c1)OCO3)NC(=O)[C@@H]1CCCO1)CC1(CCC1)O2. The fourth-order valence-electron chi connectivity index (χ4n) is 6.42. The minimum absolute atomic E-state index is 0.00109. The molecule has 1 spiro atoms. The van der Waals surface area contributed by atoms with Gasteiger partial charge in [-0.2, -0.15) is 0 Å². The van der Waals surface area contributed by atoms with Crippen molar-refractivity contribution in [2.45, 2.75) is 102 Å². The number of nitrogens with one attached hydrogen (secondary N) is 2. The van der Waals surface area contributed by atoms with E-state index in [1.807, 2.05) is 24.4 Å². The van der Waals surface area contributed by atoms with Crippen molar-refractivity contribution in [3.8, 4) is 17.4 Å². The summed E-state index contributed by atoms with van der Waals surface area (Å²) < 4.78 is 23.1. The smallest absolute Gasteiger partial charge is 0.249 e. The molecule has 9 nitrogen and oxygen atoms in total. The van der Waals surface area contributed by atoms with Gasteiger partial charge < -0.3 is 34.7 Å². The average Bonchev–Trinajstić information content (AvgIpc) is 3.61. The minimum Gasteiger partial charge on any atom is -0.471 e. The highest BCUT2D eigenvalue weighted by Crippen LogP contribution is 2.48. The van der Waals surface area contributed by atoms with Gasteiger partial charge in [0.1, 0.15) is 11.7 Å². The zero-order valence-corrected chi connectivity index (χ0v) is 24.4. The van der Waals surface area contributed by atoms with Crippen molar-refractivity contribution in [3.05, 3.63) is 47.2 Å². The maximum absolute atomic E-state index is 13.1. The van der Waals surface area contributed by atoms with Gasteiger partial charge in [-0.15, -0.1) is 0 Å². The number of aliphatic hydroxyl groups excluding tert-OH is 1. The predicted molar refractivity (Wildman–Crippen MR) is 153 cm³/mol. The number of aromatic nitrogens is 1. The number of hydrogen-bond donors (Lipinski definition) is 3. The molecular formula is C32H43N3O6. The van der Waals surface area contributed by atoms with E-state index >= 15 is 0 Å². The molecule has 3 aliphatic heterocycles. The maximum Gasteiger partial charge on any atom is 0.249 e. The second-order valence-electron chi connectivity index (χ2n) is 13.4. The van der Waals surface area contributed by atoms with Gasteiger partial charge in [0.05, 0.1) is 12.1 Å². The molecule has 1 saturated carbocycles. The molecule has 4 aliphatic rings. The quantitative estimate of drug-likeness (QED) is 0.419. The molecule has 0 bridgehead atoms. The summed E-state index contributed by atoms with van der Waals surface area (Å²) >= 11 is 0. The van der Waals surface area contributed by atoms with E-state index in [2.05, 4.69) is 37.5 Å². The summed E-state index contributed by atoms with van der Waals surface area (Å²) in [5.74, 6) is 1.92. The van der Waals surface area contributed by atoms with E-state index in [-0.39, 0.29) is 29.8 Å². The van der Waals surface area contributed by atoms with Crippen LogP contribution in [0.15, 0.2) is 30.5 Å². The van der Waals surface area contributed by atoms with Crippen LogP contribution in [0.5, 0.6) is 17.4 Å². The Morgan fingerprint density at radius 3 is 2.71 bits per heavy atom. The van der Waals surface area contributed by atoms with Crippen LogP contribution in [0, 0.1) is 5.41 Å². The third-order valence-electron chi connectivity index (χ3n) is 8.68. The molecule has 1 amide bonds. The summed E-state index contributed by atoms with van der Waals surface area (Å²) in [6.07, 6.45) is 7.59. The molecule has 41 heavy (non-hydrogen) atoms. The Morgan fingerprint density at radius 2 is 1.98 bits per heavy atom. The van der Waals surface area contributed by atoms with Crippen LogP contribution in [-0.4, -0.2) is 59.8 Å². The molecule has 4 atom stereocenters. The van der Waals surface area contributed by atoms with E-state index in [9.17, 15) is 9.90 Å². The lowest BCUT2D eigenvalue weighted by Crippen LogP contribution is -2.53. The molecule has 0 radical (unpaired) electrons. The first-order valence-corrected chi connectivity index (χ1v) is 15.1. The highest BCUT2D eigenvalue weighted by molar-refractivity contribution is 5.81. The van der Waals surface area contributed by atoms with E-state index in [4.69, 9.17) is 23.9 Å². The molecule has 1 aliphatic carbocycles. The highest BCUT2D eigenvalue weighted by Gasteiger charge is 2.46. The van der Waals surface area contributed by atoms with E-state index in [1.165, 1.54) is 5.56 Å². The van der Waals surface area contributed by atoms with Crippen molar-refractivity contribution in [2.24, 2.45) is 5.41 Å². The van der Waals surface area contributed by atoms with Crippen molar-refractivity contribution >= 4 is 5.91 Å².